The second-order valence-corrected chi connectivity index (χ2v) is 3.28. The van der Waals surface area contributed by atoms with Crippen LogP contribution in [0.1, 0.15) is 16.1 Å². The van der Waals surface area contributed by atoms with Crippen LogP contribution >= 0.6 is 0 Å². The number of aryl methyl sites for hydroxylation is 2. The molecule has 0 aliphatic carbocycles. The predicted octanol–water partition coefficient (Wildman–Crippen LogP) is 1.10. The van der Waals surface area contributed by atoms with Crippen molar-refractivity contribution in [1.82, 2.24) is 14.8 Å². The molecule has 2 aromatic heterocycles. The third-order valence-electron chi connectivity index (χ3n) is 2.31. The topological polar surface area (TPSA) is 57.0 Å². The zero-order valence-electron chi connectivity index (χ0n) is 8.81. The maximum absolute atomic E-state index is 10.8. The summed E-state index contributed by atoms with van der Waals surface area (Å²) < 4.78 is 6.69. The van der Waals surface area contributed by atoms with Crippen molar-refractivity contribution in [2.75, 3.05) is 7.11 Å². The molecule has 2 aromatic rings. The van der Waals surface area contributed by atoms with Gasteiger partial charge < -0.3 is 4.74 Å². The summed E-state index contributed by atoms with van der Waals surface area (Å²) >= 11 is 0. The molecule has 0 aliphatic heterocycles. The van der Waals surface area contributed by atoms with Gasteiger partial charge in [0.2, 0.25) is 5.88 Å². The summed E-state index contributed by atoms with van der Waals surface area (Å²) in [4.78, 5) is 15.0. The van der Waals surface area contributed by atoms with Gasteiger partial charge in [-0.15, -0.1) is 0 Å². The first-order valence-corrected chi connectivity index (χ1v) is 4.51. The molecule has 2 heterocycles. The van der Waals surface area contributed by atoms with Crippen LogP contribution in [0.25, 0.3) is 11.0 Å². The summed E-state index contributed by atoms with van der Waals surface area (Å²) in [5.41, 5.74) is 2.02. The fourth-order valence-corrected chi connectivity index (χ4v) is 1.59. The molecule has 0 N–H and O–H groups in total. The van der Waals surface area contributed by atoms with Crippen molar-refractivity contribution < 1.29 is 9.53 Å². The van der Waals surface area contributed by atoms with E-state index in [1.165, 1.54) is 7.11 Å². The lowest BCUT2D eigenvalue weighted by Crippen LogP contribution is -1.97. The highest BCUT2D eigenvalue weighted by Crippen LogP contribution is 2.22. The summed E-state index contributed by atoms with van der Waals surface area (Å²) in [6.45, 7) is 1.88. The van der Waals surface area contributed by atoms with Gasteiger partial charge in [0, 0.05) is 12.4 Å². The van der Waals surface area contributed by atoms with Crippen LogP contribution in [0.2, 0.25) is 0 Å². The van der Waals surface area contributed by atoms with E-state index in [1.54, 1.807) is 10.7 Å². The van der Waals surface area contributed by atoms with Crippen LogP contribution in [-0.4, -0.2) is 28.2 Å². The van der Waals surface area contributed by atoms with Gasteiger partial charge in [-0.25, -0.2) is 0 Å². The quantitative estimate of drug-likeness (QED) is 0.689. The molecule has 15 heavy (non-hydrogen) atoms. The lowest BCUT2D eigenvalue weighted by Gasteiger charge is -2.02. The fourth-order valence-electron chi connectivity index (χ4n) is 1.59. The number of methoxy groups -OCH3 is 1. The Morgan fingerprint density at radius 2 is 2.27 bits per heavy atom. The van der Waals surface area contributed by atoms with Gasteiger partial charge in [0.15, 0.2) is 11.9 Å². The van der Waals surface area contributed by atoms with Crippen molar-refractivity contribution in [1.29, 1.82) is 0 Å². The Kier molecular flexibility index (Phi) is 2.15. The van der Waals surface area contributed by atoms with Crippen LogP contribution in [0.4, 0.5) is 0 Å². The Balaban J connectivity index is 2.83. The number of hydrogen-bond donors (Lipinski definition) is 0. The smallest absolute Gasteiger partial charge is 0.225 e. The summed E-state index contributed by atoms with van der Waals surface area (Å²) in [6, 6.07) is 1.75. The van der Waals surface area contributed by atoms with Gasteiger partial charge in [-0.2, -0.15) is 10.1 Å². The van der Waals surface area contributed by atoms with E-state index in [1.807, 2.05) is 14.0 Å². The second-order valence-electron chi connectivity index (χ2n) is 3.28. The number of nitrogens with zero attached hydrogens (tertiary/aromatic N) is 3. The van der Waals surface area contributed by atoms with Crippen molar-refractivity contribution in [2.45, 2.75) is 6.92 Å². The summed E-state index contributed by atoms with van der Waals surface area (Å²) in [7, 11) is 3.30. The largest absolute Gasteiger partial charge is 0.480 e. The zero-order chi connectivity index (χ0) is 11.0. The molecular weight excluding hydrogens is 194 g/mol. The highest BCUT2D eigenvalue weighted by Gasteiger charge is 2.11. The molecular formula is C10H11N3O2. The van der Waals surface area contributed by atoms with Crippen molar-refractivity contribution in [3.8, 4) is 5.88 Å². The average Bonchev–Trinajstić information content (AvgIpc) is 2.52. The molecule has 0 unspecified atom stereocenters. The van der Waals surface area contributed by atoms with E-state index in [0.29, 0.717) is 11.4 Å². The molecule has 0 fully saturated rings. The third kappa shape index (κ3) is 1.36. The Hall–Kier alpha value is -1.91. The molecule has 0 saturated heterocycles. The number of aromatic nitrogens is 3. The number of carbonyl (C=O) groups excluding carboxylic acids is 1. The first kappa shape index (κ1) is 9.64. The van der Waals surface area contributed by atoms with E-state index in [4.69, 9.17) is 4.74 Å². The van der Waals surface area contributed by atoms with Crippen LogP contribution in [0.5, 0.6) is 5.88 Å². The Morgan fingerprint density at radius 3 is 2.87 bits per heavy atom. The van der Waals surface area contributed by atoms with E-state index in [2.05, 4.69) is 10.1 Å². The van der Waals surface area contributed by atoms with Gasteiger partial charge in [-0.05, 0) is 13.0 Å². The summed E-state index contributed by atoms with van der Waals surface area (Å²) in [5.74, 6) is 0.334. The number of pyridine rings is 1. The molecule has 0 saturated carbocycles. The van der Waals surface area contributed by atoms with Gasteiger partial charge in [-0.3, -0.25) is 9.48 Å². The van der Waals surface area contributed by atoms with Crippen LogP contribution in [0, 0.1) is 6.92 Å². The van der Waals surface area contributed by atoms with Gasteiger partial charge in [0.05, 0.1) is 18.4 Å². The van der Waals surface area contributed by atoms with Gasteiger partial charge in [0.1, 0.15) is 0 Å². The van der Waals surface area contributed by atoms with Gasteiger partial charge in [0.25, 0.3) is 0 Å². The van der Waals surface area contributed by atoms with Crippen molar-refractivity contribution in [3.05, 3.63) is 17.3 Å². The first-order valence-electron chi connectivity index (χ1n) is 4.51. The average molecular weight is 205 g/mol. The molecule has 0 aliphatic rings. The lowest BCUT2D eigenvalue weighted by atomic mass is 10.2. The molecule has 5 nitrogen and oxygen atoms in total. The molecule has 0 bridgehead atoms. The lowest BCUT2D eigenvalue weighted by molar-refractivity contribution is 0.112. The Labute approximate surface area is 86.7 Å². The van der Waals surface area contributed by atoms with Crippen LogP contribution < -0.4 is 4.74 Å². The Bertz CT molecular complexity index is 531. The molecule has 5 heteroatoms. The SMILES string of the molecule is COc1nc2c(cc1C=O)c(C)nn2C. The number of aldehydes is 1. The van der Waals surface area contributed by atoms with E-state index in [0.717, 1.165) is 23.0 Å². The monoisotopic (exact) mass is 205 g/mol. The summed E-state index contributed by atoms with van der Waals surface area (Å²) in [5, 5.41) is 5.10. The normalized spacial score (nSPS) is 10.6. The number of rotatable bonds is 2. The van der Waals surface area contributed by atoms with E-state index >= 15 is 0 Å². The molecule has 2 rings (SSSR count). The van der Waals surface area contributed by atoms with Crippen LogP contribution in [-0.2, 0) is 7.05 Å². The molecule has 0 spiro atoms. The number of ether oxygens (including phenoxy) is 1. The molecule has 0 amide bonds. The first-order chi connectivity index (χ1) is 7.17. The van der Waals surface area contributed by atoms with Gasteiger partial charge >= 0.3 is 0 Å². The van der Waals surface area contributed by atoms with Crippen molar-refractivity contribution >= 4 is 17.3 Å². The highest BCUT2D eigenvalue weighted by atomic mass is 16.5. The van der Waals surface area contributed by atoms with E-state index < -0.39 is 0 Å². The summed E-state index contributed by atoms with van der Waals surface area (Å²) in [6.07, 6.45) is 0.734. The number of fused-ring (bicyclic) bond motifs is 1. The standard InChI is InChI=1S/C10H11N3O2/c1-6-8-4-7(5-14)10(15-3)11-9(8)13(2)12-6/h4-5H,1-3H3. The highest BCUT2D eigenvalue weighted by molar-refractivity contribution is 5.88. The van der Waals surface area contributed by atoms with Crippen LogP contribution in [0.3, 0.4) is 0 Å². The minimum absolute atomic E-state index is 0.334. The van der Waals surface area contributed by atoms with Crippen molar-refractivity contribution in [3.63, 3.8) is 0 Å². The maximum Gasteiger partial charge on any atom is 0.225 e. The van der Waals surface area contributed by atoms with Crippen molar-refractivity contribution in [2.24, 2.45) is 7.05 Å². The minimum atomic E-state index is 0.334. The zero-order valence-corrected chi connectivity index (χ0v) is 8.81. The predicted molar refractivity (Wildman–Crippen MR) is 55.2 cm³/mol. The molecule has 78 valence electrons. The third-order valence-corrected chi connectivity index (χ3v) is 2.31. The van der Waals surface area contributed by atoms with E-state index in [-0.39, 0.29) is 0 Å². The number of hydrogen-bond acceptors (Lipinski definition) is 4. The molecule has 0 aromatic carbocycles. The minimum Gasteiger partial charge on any atom is -0.480 e. The van der Waals surface area contributed by atoms with Gasteiger partial charge in [-0.1, -0.05) is 0 Å². The molecule has 0 atom stereocenters. The van der Waals surface area contributed by atoms with E-state index in [9.17, 15) is 4.79 Å². The fraction of sp³-hybridized carbons (Fsp3) is 0.300. The van der Waals surface area contributed by atoms with Crippen LogP contribution in [0.15, 0.2) is 6.07 Å². The maximum atomic E-state index is 10.8. The second kappa shape index (κ2) is 3.34. The Morgan fingerprint density at radius 1 is 1.53 bits per heavy atom. The number of carbonyl (C=O) groups is 1. The molecule has 0 radical (unpaired) electrons.